The van der Waals surface area contributed by atoms with Crippen molar-refractivity contribution in [2.75, 3.05) is 5.32 Å². The average molecular weight is 404 g/mol. The molecular formula is C17H11F3N6OS. The quantitative estimate of drug-likeness (QED) is 0.477. The fraction of sp³-hybridized carbons (Fsp3) is 0.0588. The van der Waals surface area contributed by atoms with Crippen LogP contribution in [0.4, 0.5) is 24.0 Å². The zero-order valence-electron chi connectivity index (χ0n) is 13.9. The van der Waals surface area contributed by atoms with E-state index < -0.39 is 17.6 Å². The number of thiophene rings is 1. The number of fused-ring (bicyclic) bond motifs is 1. The highest BCUT2D eigenvalue weighted by atomic mass is 32.1. The van der Waals surface area contributed by atoms with Gasteiger partial charge in [0.2, 0.25) is 0 Å². The molecule has 4 N–H and O–H groups in total. The third-order valence-corrected chi connectivity index (χ3v) is 4.77. The number of rotatable bonds is 4. The number of pyridine rings is 2. The third kappa shape index (κ3) is 3.16. The molecule has 0 fully saturated rings. The summed E-state index contributed by atoms with van der Waals surface area (Å²) in [5.74, 6) is -0.527. The second-order valence-electron chi connectivity index (χ2n) is 5.72. The monoisotopic (exact) mass is 404 g/mol. The Morgan fingerprint density at radius 1 is 1.21 bits per heavy atom. The highest BCUT2D eigenvalue weighted by Crippen LogP contribution is 2.38. The summed E-state index contributed by atoms with van der Waals surface area (Å²) in [7, 11) is 0. The molecule has 4 rings (SSSR count). The number of aromatic amines is 1. The van der Waals surface area contributed by atoms with E-state index >= 15 is 0 Å². The van der Waals surface area contributed by atoms with Gasteiger partial charge in [-0.1, -0.05) is 0 Å². The molecule has 7 nitrogen and oxygen atoms in total. The zero-order valence-corrected chi connectivity index (χ0v) is 14.7. The molecule has 4 heterocycles. The van der Waals surface area contributed by atoms with Crippen molar-refractivity contribution in [2.45, 2.75) is 6.18 Å². The molecule has 0 spiro atoms. The number of nitrogens with two attached hydrogens (primary N) is 1. The number of primary amides is 1. The number of carbonyl (C=O) groups excluding carboxylic acids is 1. The van der Waals surface area contributed by atoms with Gasteiger partial charge in [0.1, 0.15) is 16.5 Å². The third-order valence-electron chi connectivity index (χ3n) is 3.94. The van der Waals surface area contributed by atoms with E-state index in [4.69, 9.17) is 5.73 Å². The number of H-pyrrole nitrogens is 1. The fourth-order valence-electron chi connectivity index (χ4n) is 2.70. The van der Waals surface area contributed by atoms with Crippen molar-refractivity contribution >= 4 is 39.1 Å². The van der Waals surface area contributed by atoms with Gasteiger partial charge in [0.05, 0.1) is 16.8 Å². The maximum absolute atomic E-state index is 13.5. The lowest BCUT2D eigenvalue weighted by Crippen LogP contribution is -2.12. The molecule has 0 unspecified atom stereocenters. The van der Waals surface area contributed by atoms with Gasteiger partial charge in [0.25, 0.3) is 5.91 Å². The summed E-state index contributed by atoms with van der Waals surface area (Å²) in [6, 6.07) is 6.84. The summed E-state index contributed by atoms with van der Waals surface area (Å²) in [4.78, 5) is 19.6. The van der Waals surface area contributed by atoms with Crippen LogP contribution in [0.2, 0.25) is 0 Å². The van der Waals surface area contributed by atoms with E-state index in [1.165, 1.54) is 29.7 Å². The number of aromatic nitrogens is 4. The van der Waals surface area contributed by atoms with Crippen LogP contribution in [0.25, 0.3) is 22.4 Å². The molecule has 11 heteroatoms. The molecule has 1 amide bonds. The van der Waals surface area contributed by atoms with Crippen LogP contribution >= 0.6 is 11.3 Å². The van der Waals surface area contributed by atoms with Crippen LogP contribution in [0, 0.1) is 0 Å². The topological polar surface area (TPSA) is 110 Å². The average Bonchev–Trinajstić information content (AvgIpc) is 3.27. The van der Waals surface area contributed by atoms with Crippen molar-refractivity contribution in [1.29, 1.82) is 0 Å². The minimum absolute atomic E-state index is 0.0976. The van der Waals surface area contributed by atoms with Gasteiger partial charge < -0.3 is 11.1 Å². The van der Waals surface area contributed by atoms with Crippen LogP contribution in [0.5, 0.6) is 0 Å². The smallest absolute Gasteiger partial charge is 0.366 e. The number of nitrogens with zero attached hydrogens (tertiary/aromatic N) is 3. The number of amides is 1. The molecule has 0 aliphatic carbocycles. The van der Waals surface area contributed by atoms with E-state index in [9.17, 15) is 18.0 Å². The number of nitrogens with one attached hydrogen (secondary N) is 2. The van der Waals surface area contributed by atoms with Crippen molar-refractivity contribution in [3.8, 4) is 11.4 Å². The van der Waals surface area contributed by atoms with E-state index in [1.54, 1.807) is 17.5 Å². The van der Waals surface area contributed by atoms with Gasteiger partial charge in [-0.2, -0.15) is 18.3 Å². The molecule has 0 saturated heterocycles. The summed E-state index contributed by atoms with van der Waals surface area (Å²) in [5, 5.41) is 11.8. The minimum atomic E-state index is -4.62. The normalized spacial score (nSPS) is 11.7. The van der Waals surface area contributed by atoms with E-state index in [0.717, 1.165) is 6.07 Å². The van der Waals surface area contributed by atoms with Crippen LogP contribution in [0.1, 0.15) is 15.9 Å². The Kier molecular flexibility index (Phi) is 4.23. The van der Waals surface area contributed by atoms with E-state index in [2.05, 4.69) is 25.5 Å². The number of alkyl halides is 3. The Labute approximate surface area is 159 Å². The minimum Gasteiger partial charge on any atom is -0.366 e. The molecule has 0 aliphatic rings. The van der Waals surface area contributed by atoms with Crippen molar-refractivity contribution in [3.63, 3.8) is 0 Å². The van der Waals surface area contributed by atoms with Gasteiger partial charge in [-0.3, -0.25) is 9.89 Å². The summed E-state index contributed by atoms with van der Waals surface area (Å²) in [6.45, 7) is 0. The highest BCUT2D eigenvalue weighted by Gasteiger charge is 2.35. The first-order valence-corrected chi connectivity index (χ1v) is 8.74. The molecule has 0 saturated carbocycles. The second kappa shape index (κ2) is 6.60. The SMILES string of the molecule is NC(=O)c1ccsc1Nc1ccc(C(F)(F)F)c(-c2[nH]nc3ncccc23)n1. The Morgan fingerprint density at radius 3 is 2.79 bits per heavy atom. The molecule has 142 valence electrons. The predicted molar refractivity (Wildman–Crippen MR) is 98.2 cm³/mol. The lowest BCUT2D eigenvalue weighted by Gasteiger charge is -2.13. The number of hydrogen-bond acceptors (Lipinski definition) is 6. The largest absolute Gasteiger partial charge is 0.418 e. The lowest BCUT2D eigenvalue weighted by molar-refractivity contribution is -0.137. The van der Waals surface area contributed by atoms with Crippen LogP contribution in [0.3, 0.4) is 0 Å². The van der Waals surface area contributed by atoms with Gasteiger partial charge in [-0.25, -0.2) is 9.97 Å². The molecule has 28 heavy (non-hydrogen) atoms. The first-order valence-electron chi connectivity index (χ1n) is 7.86. The number of hydrogen-bond donors (Lipinski definition) is 3. The maximum atomic E-state index is 13.5. The van der Waals surface area contributed by atoms with Crippen molar-refractivity contribution in [3.05, 3.63) is 53.0 Å². The summed E-state index contributed by atoms with van der Waals surface area (Å²) < 4.78 is 40.6. The first kappa shape index (κ1) is 17.9. The van der Waals surface area contributed by atoms with Crippen molar-refractivity contribution < 1.29 is 18.0 Å². The highest BCUT2D eigenvalue weighted by molar-refractivity contribution is 7.14. The van der Waals surface area contributed by atoms with Gasteiger partial charge in [0, 0.05) is 11.6 Å². The molecule has 0 radical (unpaired) electrons. The predicted octanol–water partition coefficient (Wildman–Crippen LogP) is 3.94. The molecule has 0 bridgehead atoms. The molecule has 0 aliphatic heterocycles. The molecule has 4 aromatic heterocycles. The Bertz CT molecular complexity index is 1180. The van der Waals surface area contributed by atoms with E-state index in [1.807, 2.05) is 0 Å². The zero-order chi connectivity index (χ0) is 19.9. The van der Waals surface area contributed by atoms with Crippen LogP contribution < -0.4 is 11.1 Å². The molecular weight excluding hydrogens is 393 g/mol. The first-order chi connectivity index (χ1) is 13.3. The standard InChI is InChI=1S/C17H11F3N6OS/c18-17(19,20)10-3-4-11(24-16-9(14(21)27)5-7-28-16)23-13(10)12-8-2-1-6-22-15(8)26-25-12/h1-7H,(H2,21,27)(H,23,24)(H,22,25,26). The molecule has 4 aromatic rings. The number of carbonyl (C=O) groups is 1. The van der Waals surface area contributed by atoms with Crippen LogP contribution in [-0.4, -0.2) is 26.1 Å². The van der Waals surface area contributed by atoms with E-state index in [-0.39, 0.29) is 28.4 Å². The van der Waals surface area contributed by atoms with Crippen LogP contribution in [-0.2, 0) is 6.18 Å². The fourth-order valence-corrected chi connectivity index (χ4v) is 3.49. The molecule has 0 aromatic carbocycles. The summed E-state index contributed by atoms with van der Waals surface area (Å²) in [5.41, 5.74) is 4.65. The summed E-state index contributed by atoms with van der Waals surface area (Å²) in [6.07, 6.45) is -3.13. The number of anilines is 2. The van der Waals surface area contributed by atoms with Gasteiger partial charge in [0.15, 0.2) is 5.65 Å². The summed E-state index contributed by atoms with van der Waals surface area (Å²) >= 11 is 1.18. The lowest BCUT2D eigenvalue weighted by atomic mass is 10.1. The Hall–Kier alpha value is -3.47. The van der Waals surface area contributed by atoms with Crippen molar-refractivity contribution in [1.82, 2.24) is 20.2 Å². The van der Waals surface area contributed by atoms with Gasteiger partial charge in [-0.15, -0.1) is 11.3 Å². The van der Waals surface area contributed by atoms with Gasteiger partial charge in [-0.05, 0) is 35.7 Å². The van der Waals surface area contributed by atoms with E-state index in [0.29, 0.717) is 10.4 Å². The second-order valence-corrected chi connectivity index (χ2v) is 6.63. The molecule has 0 atom stereocenters. The number of halogens is 3. The maximum Gasteiger partial charge on any atom is 0.418 e. The van der Waals surface area contributed by atoms with Gasteiger partial charge >= 0.3 is 6.18 Å². The Balaban J connectivity index is 1.85. The Morgan fingerprint density at radius 2 is 2.04 bits per heavy atom. The van der Waals surface area contributed by atoms with Crippen molar-refractivity contribution in [2.24, 2.45) is 5.73 Å². The van der Waals surface area contributed by atoms with Crippen LogP contribution in [0.15, 0.2) is 41.9 Å².